The van der Waals surface area contributed by atoms with Crippen molar-refractivity contribution in [3.8, 4) is 28.3 Å². The van der Waals surface area contributed by atoms with Crippen molar-refractivity contribution in [1.29, 1.82) is 0 Å². The minimum atomic E-state index is 0.620. The molecule has 30 heavy (non-hydrogen) atoms. The van der Waals surface area contributed by atoms with Crippen LogP contribution in [0.4, 0.5) is 0 Å². The summed E-state index contributed by atoms with van der Waals surface area (Å²) in [6.07, 6.45) is 1.82. The van der Waals surface area contributed by atoms with Gasteiger partial charge in [0, 0.05) is 17.5 Å². The van der Waals surface area contributed by atoms with Crippen molar-refractivity contribution in [3.63, 3.8) is 0 Å². The second kappa shape index (κ2) is 7.59. The molecule has 0 spiro atoms. The molecule has 3 aromatic carbocycles. The lowest BCUT2D eigenvalue weighted by atomic mass is 10.0. The molecule has 0 fully saturated rings. The Kier molecular flexibility index (Phi) is 4.64. The van der Waals surface area contributed by atoms with Crippen molar-refractivity contribution in [2.45, 2.75) is 19.8 Å². The number of fused-ring (bicyclic) bond motifs is 2. The first-order valence-corrected chi connectivity index (χ1v) is 10.2. The number of aryl methyl sites for hydroxylation is 1. The number of benzene rings is 3. The van der Waals surface area contributed by atoms with Gasteiger partial charge < -0.3 is 4.74 Å². The molecule has 0 aliphatic rings. The predicted octanol–water partition coefficient (Wildman–Crippen LogP) is 5.57. The van der Waals surface area contributed by atoms with Crippen LogP contribution in [-0.4, -0.2) is 26.7 Å². The molecule has 0 bridgehead atoms. The van der Waals surface area contributed by atoms with Crippen molar-refractivity contribution in [2.75, 3.05) is 7.11 Å². The Hall–Kier alpha value is -3.73. The molecule has 0 aliphatic heterocycles. The van der Waals surface area contributed by atoms with E-state index in [0.717, 1.165) is 46.9 Å². The Morgan fingerprint density at radius 3 is 2.37 bits per heavy atom. The van der Waals surface area contributed by atoms with E-state index in [1.165, 1.54) is 10.8 Å². The van der Waals surface area contributed by atoms with E-state index in [9.17, 15) is 0 Å². The number of aromatic nitrogens is 4. The summed E-state index contributed by atoms with van der Waals surface area (Å²) >= 11 is 0. The fraction of sp³-hybridized carbons (Fsp3) is 0.160. The number of hydrogen-bond donors (Lipinski definition) is 0. The van der Waals surface area contributed by atoms with Gasteiger partial charge in [0.2, 0.25) is 0 Å². The summed E-state index contributed by atoms with van der Waals surface area (Å²) < 4.78 is 7.16. The van der Waals surface area contributed by atoms with Crippen molar-refractivity contribution in [1.82, 2.24) is 19.6 Å². The molecule has 0 amide bonds. The average Bonchev–Trinajstić information content (AvgIpc) is 3.21. The third-order valence-corrected chi connectivity index (χ3v) is 5.26. The molecule has 5 heteroatoms. The molecule has 2 aromatic heterocycles. The smallest absolute Gasteiger partial charge is 0.253 e. The highest BCUT2D eigenvalue weighted by molar-refractivity contribution is 5.87. The SMILES string of the molecule is CCCc1nc2nc(-c3ccc4ccccc4c3)cc(-c3ccc(OC)cc3)n2n1. The van der Waals surface area contributed by atoms with E-state index in [-0.39, 0.29) is 0 Å². The Bertz CT molecular complexity index is 1340. The summed E-state index contributed by atoms with van der Waals surface area (Å²) in [5.41, 5.74) is 3.94. The first kappa shape index (κ1) is 18.3. The van der Waals surface area contributed by atoms with E-state index in [0.29, 0.717) is 5.78 Å². The Morgan fingerprint density at radius 1 is 0.833 bits per heavy atom. The van der Waals surface area contributed by atoms with E-state index in [2.05, 4.69) is 60.4 Å². The first-order chi connectivity index (χ1) is 14.7. The largest absolute Gasteiger partial charge is 0.497 e. The molecule has 148 valence electrons. The van der Waals surface area contributed by atoms with Gasteiger partial charge in [-0.3, -0.25) is 0 Å². The summed E-state index contributed by atoms with van der Waals surface area (Å²) in [6.45, 7) is 2.13. The maximum Gasteiger partial charge on any atom is 0.253 e. The molecule has 5 nitrogen and oxygen atoms in total. The molecular weight excluding hydrogens is 372 g/mol. The fourth-order valence-corrected chi connectivity index (χ4v) is 3.70. The van der Waals surface area contributed by atoms with Gasteiger partial charge >= 0.3 is 0 Å². The minimum absolute atomic E-state index is 0.620. The fourth-order valence-electron chi connectivity index (χ4n) is 3.70. The van der Waals surface area contributed by atoms with Crippen molar-refractivity contribution in [3.05, 3.63) is 78.6 Å². The Morgan fingerprint density at radius 2 is 1.60 bits per heavy atom. The van der Waals surface area contributed by atoms with Gasteiger partial charge in [0.25, 0.3) is 5.78 Å². The number of methoxy groups -OCH3 is 1. The first-order valence-electron chi connectivity index (χ1n) is 10.2. The molecule has 0 radical (unpaired) electrons. The number of nitrogens with zero attached hydrogens (tertiary/aromatic N) is 4. The van der Waals surface area contributed by atoms with Crippen molar-refractivity contribution < 1.29 is 4.74 Å². The van der Waals surface area contributed by atoms with Crippen LogP contribution in [-0.2, 0) is 6.42 Å². The van der Waals surface area contributed by atoms with Crippen LogP contribution in [0.3, 0.4) is 0 Å². The van der Waals surface area contributed by atoms with Crippen LogP contribution < -0.4 is 4.74 Å². The Labute approximate surface area is 175 Å². The number of ether oxygens (including phenoxy) is 1. The minimum Gasteiger partial charge on any atom is -0.497 e. The number of rotatable bonds is 5. The number of hydrogen-bond acceptors (Lipinski definition) is 4. The normalized spacial score (nSPS) is 11.3. The third-order valence-electron chi connectivity index (χ3n) is 5.26. The van der Waals surface area contributed by atoms with Crippen LogP contribution in [0.15, 0.2) is 72.8 Å². The van der Waals surface area contributed by atoms with Crippen molar-refractivity contribution >= 4 is 16.6 Å². The van der Waals surface area contributed by atoms with Crippen LogP contribution in [0.1, 0.15) is 19.2 Å². The monoisotopic (exact) mass is 394 g/mol. The van der Waals surface area contributed by atoms with Gasteiger partial charge in [0.05, 0.1) is 18.5 Å². The van der Waals surface area contributed by atoms with E-state index in [1.807, 2.05) is 28.8 Å². The molecule has 2 heterocycles. The molecule has 5 rings (SSSR count). The zero-order valence-electron chi connectivity index (χ0n) is 17.0. The van der Waals surface area contributed by atoms with E-state index in [1.54, 1.807) is 7.11 Å². The Balaban J connectivity index is 1.71. The van der Waals surface area contributed by atoms with E-state index >= 15 is 0 Å². The molecule has 0 N–H and O–H groups in total. The second-order valence-electron chi connectivity index (χ2n) is 7.31. The molecule has 0 atom stereocenters. The second-order valence-corrected chi connectivity index (χ2v) is 7.31. The lowest BCUT2D eigenvalue weighted by molar-refractivity contribution is 0.415. The van der Waals surface area contributed by atoms with Gasteiger partial charge in [0.1, 0.15) is 5.75 Å². The molecular formula is C25H22N4O. The average molecular weight is 394 g/mol. The van der Waals surface area contributed by atoms with Crippen LogP contribution >= 0.6 is 0 Å². The van der Waals surface area contributed by atoms with Crippen LogP contribution in [0.2, 0.25) is 0 Å². The van der Waals surface area contributed by atoms with Gasteiger partial charge in [0.15, 0.2) is 5.82 Å². The highest BCUT2D eigenvalue weighted by Gasteiger charge is 2.14. The van der Waals surface area contributed by atoms with Gasteiger partial charge in [-0.05, 0) is 53.6 Å². The van der Waals surface area contributed by atoms with Gasteiger partial charge in [-0.15, -0.1) is 5.10 Å². The topological polar surface area (TPSA) is 52.3 Å². The highest BCUT2D eigenvalue weighted by atomic mass is 16.5. The molecule has 0 aliphatic carbocycles. The van der Waals surface area contributed by atoms with Crippen LogP contribution in [0.5, 0.6) is 5.75 Å². The molecule has 0 unspecified atom stereocenters. The van der Waals surface area contributed by atoms with Gasteiger partial charge in [-0.2, -0.15) is 9.50 Å². The lowest BCUT2D eigenvalue weighted by Crippen LogP contribution is -1.99. The lowest BCUT2D eigenvalue weighted by Gasteiger charge is -2.09. The van der Waals surface area contributed by atoms with Gasteiger partial charge in [-0.1, -0.05) is 43.3 Å². The van der Waals surface area contributed by atoms with E-state index in [4.69, 9.17) is 14.8 Å². The molecule has 0 saturated heterocycles. The van der Waals surface area contributed by atoms with Crippen molar-refractivity contribution in [2.24, 2.45) is 0 Å². The summed E-state index contributed by atoms with van der Waals surface area (Å²) in [7, 11) is 1.67. The summed E-state index contributed by atoms with van der Waals surface area (Å²) in [6, 6.07) is 24.9. The molecule has 5 aromatic rings. The van der Waals surface area contributed by atoms with Gasteiger partial charge in [-0.25, -0.2) is 4.98 Å². The maximum atomic E-state index is 5.32. The quantitative estimate of drug-likeness (QED) is 0.391. The zero-order chi connectivity index (χ0) is 20.5. The standard InChI is InChI=1S/C25H22N4O/c1-3-6-24-27-25-26-22(20-10-9-17-7-4-5-8-19(17)15-20)16-23(29(25)28-24)18-11-13-21(30-2)14-12-18/h4-5,7-16H,3,6H2,1-2H3. The summed E-state index contributed by atoms with van der Waals surface area (Å²) in [4.78, 5) is 9.53. The maximum absolute atomic E-state index is 5.32. The summed E-state index contributed by atoms with van der Waals surface area (Å²) in [5.74, 6) is 2.26. The van der Waals surface area contributed by atoms with Crippen LogP contribution in [0, 0.1) is 0 Å². The van der Waals surface area contributed by atoms with E-state index < -0.39 is 0 Å². The molecule has 0 saturated carbocycles. The highest BCUT2D eigenvalue weighted by Crippen LogP contribution is 2.29. The third kappa shape index (κ3) is 3.28. The zero-order valence-corrected chi connectivity index (χ0v) is 17.0. The van der Waals surface area contributed by atoms with Crippen LogP contribution in [0.25, 0.3) is 39.1 Å². The summed E-state index contributed by atoms with van der Waals surface area (Å²) in [5, 5.41) is 7.12. The predicted molar refractivity (Wildman–Crippen MR) is 120 cm³/mol.